The van der Waals surface area contributed by atoms with Crippen molar-refractivity contribution in [1.82, 2.24) is 5.32 Å². The maximum Gasteiger partial charge on any atom is 0.00672 e. The predicted octanol–water partition coefficient (Wildman–Crippen LogP) is 4.13. The molecule has 90 valence electrons. The standard InChI is InChI=1S/C14H29N/c1-4-14(2,3)12-15-13-10-8-6-5-7-9-11-13/h13,15H,4-12H2,1-3H3. The number of rotatable bonds is 4. The van der Waals surface area contributed by atoms with Crippen molar-refractivity contribution >= 4 is 0 Å². The minimum atomic E-state index is 0.475. The fraction of sp³-hybridized carbons (Fsp3) is 1.00. The van der Waals surface area contributed by atoms with Gasteiger partial charge in [-0.15, -0.1) is 0 Å². The Kier molecular flexibility index (Phi) is 5.66. The molecule has 0 aromatic rings. The van der Waals surface area contributed by atoms with Gasteiger partial charge in [-0.25, -0.2) is 0 Å². The molecule has 15 heavy (non-hydrogen) atoms. The van der Waals surface area contributed by atoms with E-state index >= 15 is 0 Å². The van der Waals surface area contributed by atoms with Crippen molar-refractivity contribution in [2.75, 3.05) is 6.54 Å². The molecular weight excluding hydrogens is 182 g/mol. The summed E-state index contributed by atoms with van der Waals surface area (Å²) in [6.07, 6.45) is 11.3. The van der Waals surface area contributed by atoms with Gasteiger partial charge in [0, 0.05) is 12.6 Å². The summed E-state index contributed by atoms with van der Waals surface area (Å²) in [5.41, 5.74) is 0.475. The summed E-state index contributed by atoms with van der Waals surface area (Å²) in [5.74, 6) is 0. The van der Waals surface area contributed by atoms with Crippen LogP contribution >= 0.6 is 0 Å². The SMILES string of the molecule is CCC(C)(C)CNC1CCCCCCC1. The van der Waals surface area contributed by atoms with Gasteiger partial charge in [0.05, 0.1) is 0 Å². The van der Waals surface area contributed by atoms with Gasteiger partial charge in [0.15, 0.2) is 0 Å². The molecule has 0 aliphatic heterocycles. The second-order valence-corrected chi connectivity index (χ2v) is 5.94. The van der Waals surface area contributed by atoms with E-state index in [1.54, 1.807) is 0 Å². The van der Waals surface area contributed by atoms with Crippen molar-refractivity contribution in [2.24, 2.45) is 5.41 Å². The average Bonchev–Trinajstić information content (AvgIpc) is 2.16. The van der Waals surface area contributed by atoms with E-state index in [9.17, 15) is 0 Å². The van der Waals surface area contributed by atoms with Crippen molar-refractivity contribution in [3.8, 4) is 0 Å². The van der Waals surface area contributed by atoms with Crippen molar-refractivity contribution in [3.63, 3.8) is 0 Å². The highest BCUT2D eigenvalue weighted by Gasteiger charge is 2.17. The predicted molar refractivity (Wildman–Crippen MR) is 68.2 cm³/mol. The molecule has 1 aliphatic carbocycles. The van der Waals surface area contributed by atoms with Gasteiger partial charge in [-0.1, -0.05) is 52.9 Å². The van der Waals surface area contributed by atoms with E-state index in [0.29, 0.717) is 5.41 Å². The molecular formula is C14H29N. The molecule has 0 unspecified atom stereocenters. The first kappa shape index (κ1) is 13.0. The smallest absolute Gasteiger partial charge is 0.00672 e. The summed E-state index contributed by atoms with van der Waals surface area (Å²) < 4.78 is 0. The van der Waals surface area contributed by atoms with Crippen LogP contribution in [0.5, 0.6) is 0 Å². The average molecular weight is 211 g/mol. The van der Waals surface area contributed by atoms with Crippen molar-refractivity contribution in [2.45, 2.75) is 78.2 Å². The van der Waals surface area contributed by atoms with Crippen molar-refractivity contribution in [3.05, 3.63) is 0 Å². The topological polar surface area (TPSA) is 12.0 Å². The Bertz CT molecular complexity index is 155. The van der Waals surface area contributed by atoms with E-state index in [2.05, 4.69) is 26.1 Å². The number of hydrogen-bond acceptors (Lipinski definition) is 1. The molecule has 0 bridgehead atoms. The molecule has 0 radical (unpaired) electrons. The normalized spacial score (nSPS) is 21.0. The molecule has 0 atom stereocenters. The Morgan fingerprint density at radius 2 is 1.53 bits per heavy atom. The molecule has 0 spiro atoms. The zero-order valence-corrected chi connectivity index (χ0v) is 10.9. The second-order valence-electron chi connectivity index (χ2n) is 5.94. The first-order valence-electron chi connectivity index (χ1n) is 6.87. The first-order valence-corrected chi connectivity index (χ1v) is 6.87. The molecule has 1 nitrogen and oxygen atoms in total. The van der Waals surface area contributed by atoms with Crippen molar-refractivity contribution < 1.29 is 0 Å². The van der Waals surface area contributed by atoms with Crippen LogP contribution in [0.4, 0.5) is 0 Å². The summed E-state index contributed by atoms with van der Waals surface area (Å²) in [6.45, 7) is 8.21. The monoisotopic (exact) mass is 211 g/mol. The van der Waals surface area contributed by atoms with Crippen LogP contribution in [0.2, 0.25) is 0 Å². The fourth-order valence-electron chi connectivity index (χ4n) is 2.21. The highest BCUT2D eigenvalue weighted by atomic mass is 14.9. The maximum atomic E-state index is 3.78. The molecule has 1 fully saturated rings. The van der Waals surface area contributed by atoms with Gasteiger partial charge >= 0.3 is 0 Å². The van der Waals surface area contributed by atoms with Crippen LogP contribution in [0.25, 0.3) is 0 Å². The molecule has 1 rings (SSSR count). The molecule has 0 aromatic heterocycles. The second kappa shape index (κ2) is 6.52. The van der Waals surface area contributed by atoms with E-state index in [1.165, 1.54) is 57.9 Å². The van der Waals surface area contributed by atoms with Gasteiger partial charge in [0.2, 0.25) is 0 Å². The Balaban J connectivity index is 2.23. The molecule has 1 heteroatoms. The highest BCUT2D eigenvalue weighted by molar-refractivity contribution is 4.75. The first-order chi connectivity index (χ1) is 7.14. The molecule has 1 aliphatic rings. The van der Waals surface area contributed by atoms with Gasteiger partial charge in [0.25, 0.3) is 0 Å². The maximum absolute atomic E-state index is 3.78. The fourth-order valence-corrected chi connectivity index (χ4v) is 2.21. The van der Waals surface area contributed by atoms with Crippen LogP contribution in [0.15, 0.2) is 0 Å². The molecule has 0 heterocycles. The zero-order valence-electron chi connectivity index (χ0n) is 10.9. The van der Waals surface area contributed by atoms with E-state index in [1.807, 2.05) is 0 Å². The van der Waals surface area contributed by atoms with Gasteiger partial charge in [-0.2, -0.15) is 0 Å². The molecule has 0 saturated heterocycles. The van der Waals surface area contributed by atoms with Gasteiger partial charge in [-0.05, 0) is 24.7 Å². The summed E-state index contributed by atoms with van der Waals surface area (Å²) >= 11 is 0. The summed E-state index contributed by atoms with van der Waals surface area (Å²) in [6, 6.07) is 0.802. The Hall–Kier alpha value is -0.0400. The summed E-state index contributed by atoms with van der Waals surface area (Å²) in [7, 11) is 0. The summed E-state index contributed by atoms with van der Waals surface area (Å²) in [4.78, 5) is 0. The minimum Gasteiger partial charge on any atom is -0.313 e. The lowest BCUT2D eigenvalue weighted by Crippen LogP contribution is -2.37. The third-order valence-electron chi connectivity index (χ3n) is 3.93. The largest absolute Gasteiger partial charge is 0.313 e. The Morgan fingerprint density at radius 3 is 2.07 bits per heavy atom. The van der Waals surface area contributed by atoms with E-state index in [0.717, 1.165) is 6.04 Å². The molecule has 1 saturated carbocycles. The van der Waals surface area contributed by atoms with Crippen LogP contribution in [0, 0.1) is 5.41 Å². The third-order valence-corrected chi connectivity index (χ3v) is 3.93. The van der Waals surface area contributed by atoms with E-state index < -0.39 is 0 Å². The van der Waals surface area contributed by atoms with Gasteiger partial charge in [0.1, 0.15) is 0 Å². The Morgan fingerprint density at radius 1 is 1.00 bits per heavy atom. The van der Waals surface area contributed by atoms with Crippen LogP contribution in [0.1, 0.15) is 72.1 Å². The zero-order chi connectivity index (χ0) is 11.1. The van der Waals surface area contributed by atoms with Crippen LogP contribution in [-0.4, -0.2) is 12.6 Å². The van der Waals surface area contributed by atoms with E-state index in [-0.39, 0.29) is 0 Å². The number of hydrogen-bond donors (Lipinski definition) is 1. The minimum absolute atomic E-state index is 0.475. The van der Waals surface area contributed by atoms with Crippen LogP contribution < -0.4 is 5.32 Å². The quantitative estimate of drug-likeness (QED) is 0.737. The highest BCUT2D eigenvalue weighted by Crippen LogP contribution is 2.21. The number of nitrogens with one attached hydrogen (secondary N) is 1. The van der Waals surface area contributed by atoms with Crippen LogP contribution in [-0.2, 0) is 0 Å². The lowest BCUT2D eigenvalue weighted by atomic mass is 9.89. The summed E-state index contributed by atoms with van der Waals surface area (Å²) in [5, 5.41) is 3.78. The lowest BCUT2D eigenvalue weighted by molar-refractivity contribution is 0.287. The van der Waals surface area contributed by atoms with Crippen molar-refractivity contribution in [1.29, 1.82) is 0 Å². The van der Waals surface area contributed by atoms with E-state index in [4.69, 9.17) is 0 Å². The van der Waals surface area contributed by atoms with Gasteiger partial charge in [-0.3, -0.25) is 0 Å². The molecule has 1 N–H and O–H groups in total. The third kappa shape index (κ3) is 5.55. The Labute approximate surface area is 96.0 Å². The van der Waals surface area contributed by atoms with Gasteiger partial charge < -0.3 is 5.32 Å². The lowest BCUT2D eigenvalue weighted by Gasteiger charge is -2.28. The van der Waals surface area contributed by atoms with Crippen LogP contribution in [0.3, 0.4) is 0 Å². The molecule has 0 amide bonds. The molecule has 0 aromatic carbocycles.